The number of aryl methyl sites for hydroxylation is 2. The van der Waals surface area contributed by atoms with Gasteiger partial charge in [-0.3, -0.25) is 0 Å². The van der Waals surface area contributed by atoms with Crippen molar-refractivity contribution in [2.24, 2.45) is 0 Å². The Balaban J connectivity index is 1.23. The summed E-state index contributed by atoms with van der Waals surface area (Å²) >= 11 is 0. The van der Waals surface area contributed by atoms with Crippen molar-refractivity contribution < 1.29 is 0 Å². The average Bonchev–Trinajstić information content (AvgIpc) is 3.66. The molecule has 0 radical (unpaired) electrons. The van der Waals surface area contributed by atoms with Crippen LogP contribution in [-0.2, 0) is 25.7 Å². The van der Waals surface area contributed by atoms with Gasteiger partial charge in [-0.15, -0.1) is 0 Å². The quantitative estimate of drug-likeness (QED) is 0.217. The highest BCUT2D eigenvalue weighted by molar-refractivity contribution is 5.92. The van der Waals surface area contributed by atoms with Crippen molar-refractivity contribution in [3.8, 4) is 39.1 Å². The predicted octanol–water partition coefficient (Wildman–Crippen LogP) is 9.63. The molecule has 0 saturated carbocycles. The maximum atomic E-state index is 2.61. The van der Waals surface area contributed by atoms with Crippen LogP contribution in [0.15, 0.2) is 97.1 Å². The zero-order chi connectivity index (χ0) is 26.4. The summed E-state index contributed by atoms with van der Waals surface area (Å²) in [5.74, 6) is 0. The lowest BCUT2D eigenvalue weighted by Gasteiger charge is -2.21. The molecule has 0 bridgehead atoms. The second kappa shape index (κ2) is 8.32. The molecule has 0 fully saturated rings. The molecule has 1 nitrogen and oxygen atoms in total. The summed E-state index contributed by atoms with van der Waals surface area (Å²) in [5.41, 5.74) is 21.5. The first kappa shape index (κ1) is 22.5. The van der Waals surface area contributed by atoms with Crippen LogP contribution >= 0.6 is 0 Å². The van der Waals surface area contributed by atoms with E-state index in [9.17, 15) is 0 Å². The summed E-state index contributed by atoms with van der Waals surface area (Å²) in [6.07, 6.45) is 7.01. The first-order valence-electron chi connectivity index (χ1n) is 14.8. The summed E-state index contributed by atoms with van der Waals surface area (Å²) in [6, 6.07) is 36.9. The van der Waals surface area contributed by atoms with Crippen molar-refractivity contribution in [3.05, 3.63) is 136 Å². The molecule has 0 spiro atoms. The molecule has 6 aromatic rings. The zero-order valence-corrected chi connectivity index (χ0v) is 22.9. The van der Waals surface area contributed by atoms with Gasteiger partial charge in [0, 0.05) is 16.6 Å². The SMILES string of the molecule is Cc1cccc(-c2ccc3c(c2)-c2ccc4c(c2C3)Cc2ccccc2-4)c1-n1c2c(c3ccccc31)CCCC2. The van der Waals surface area contributed by atoms with Crippen LogP contribution in [0.4, 0.5) is 0 Å². The molecule has 0 saturated heterocycles. The van der Waals surface area contributed by atoms with Gasteiger partial charge in [0.05, 0.1) is 11.2 Å². The van der Waals surface area contributed by atoms with E-state index in [1.165, 1.54) is 103 Å². The summed E-state index contributed by atoms with van der Waals surface area (Å²) in [4.78, 5) is 0. The lowest BCUT2D eigenvalue weighted by molar-refractivity contribution is 0.666. The van der Waals surface area contributed by atoms with Crippen LogP contribution in [0.3, 0.4) is 0 Å². The van der Waals surface area contributed by atoms with Gasteiger partial charge in [-0.2, -0.15) is 0 Å². The van der Waals surface area contributed by atoms with Crippen molar-refractivity contribution in [3.63, 3.8) is 0 Å². The molecular formula is C39H31N. The van der Waals surface area contributed by atoms with E-state index in [0.29, 0.717) is 0 Å². The number of hydrogen-bond acceptors (Lipinski definition) is 0. The summed E-state index contributed by atoms with van der Waals surface area (Å²) in [5, 5.41) is 1.43. The van der Waals surface area contributed by atoms with E-state index in [2.05, 4.69) is 109 Å². The Morgan fingerprint density at radius 3 is 2.17 bits per heavy atom. The predicted molar refractivity (Wildman–Crippen MR) is 167 cm³/mol. The molecule has 1 heterocycles. The van der Waals surface area contributed by atoms with Crippen molar-refractivity contribution in [2.45, 2.75) is 45.4 Å². The minimum Gasteiger partial charge on any atom is -0.312 e. The minimum absolute atomic E-state index is 1.04. The van der Waals surface area contributed by atoms with Crippen LogP contribution in [0.2, 0.25) is 0 Å². The highest BCUT2D eigenvalue weighted by Gasteiger charge is 2.29. The Bertz CT molecular complexity index is 2020. The molecule has 40 heavy (non-hydrogen) atoms. The molecule has 9 rings (SSSR count). The van der Waals surface area contributed by atoms with E-state index in [1.807, 2.05) is 0 Å². The van der Waals surface area contributed by atoms with Crippen molar-refractivity contribution in [1.82, 2.24) is 4.57 Å². The van der Waals surface area contributed by atoms with Crippen LogP contribution in [0.5, 0.6) is 0 Å². The second-order valence-corrected chi connectivity index (χ2v) is 12.0. The van der Waals surface area contributed by atoms with Gasteiger partial charge in [0.25, 0.3) is 0 Å². The number of para-hydroxylation sites is 2. The first-order valence-corrected chi connectivity index (χ1v) is 14.8. The van der Waals surface area contributed by atoms with Crippen LogP contribution in [0.25, 0.3) is 50.0 Å². The highest BCUT2D eigenvalue weighted by Crippen LogP contribution is 2.48. The van der Waals surface area contributed by atoms with Crippen molar-refractivity contribution in [2.75, 3.05) is 0 Å². The Morgan fingerprint density at radius 1 is 0.550 bits per heavy atom. The van der Waals surface area contributed by atoms with Gasteiger partial charge < -0.3 is 4.57 Å². The third kappa shape index (κ3) is 3.04. The molecule has 1 heteroatoms. The molecule has 0 aliphatic heterocycles. The van der Waals surface area contributed by atoms with E-state index in [1.54, 1.807) is 5.56 Å². The maximum Gasteiger partial charge on any atom is 0.0566 e. The number of benzene rings is 5. The molecule has 192 valence electrons. The molecule has 0 atom stereocenters. The fraction of sp³-hybridized carbons (Fsp3) is 0.179. The van der Waals surface area contributed by atoms with Crippen molar-refractivity contribution >= 4 is 10.9 Å². The fourth-order valence-corrected chi connectivity index (χ4v) is 8.01. The number of fused-ring (bicyclic) bond motifs is 10. The van der Waals surface area contributed by atoms with Gasteiger partial charge in [0.2, 0.25) is 0 Å². The summed E-state index contributed by atoms with van der Waals surface area (Å²) in [6.45, 7) is 2.28. The number of hydrogen-bond donors (Lipinski definition) is 0. The maximum absolute atomic E-state index is 2.61. The van der Waals surface area contributed by atoms with Crippen LogP contribution in [-0.4, -0.2) is 4.57 Å². The first-order chi connectivity index (χ1) is 19.8. The molecule has 1 aromatic heterocycles. The molecule has 0 unspecified atom stereocenters. The van der Waals surface area contributed by atoms with Gasteiger partial charge >= 0.3 is 0 Å². The van der Waals surface area contributed by atoms with Gasteiger partial charge in [0.1, 0.15) is 0 Å². The fourth-order valence-electron chi connectivity index (χ4n) is 8.01. The third-order valence-corrected chi connectivity index (χ3v) is 9.82. The van der Waals surface area contributed by atoms with E-state index in [-0.39, 0.29) is 0 Å². The Hall–Kier alpha value is -4.36. The van der Waals surface area contributed by atoms with Gasteiger partial charge in [-0.1, -0.05) is 84.9 Å². The lowest BCUT2D eigenvalue weighted by atomic mass is 9.94. The van der Waals surface area contributed by atoms with Crippen molar-refractivity contribution in [1.29, 1.82) is 0 Å². The Labute approximate surface area is 235 Å². The number of rotatable bonds is 2. The normalized spacial score (nSPS) is 14.5. The van der Waals surface area contributed by atoms with Gasteiger partial charge in [-0.25, -0.2) is 0 Å². The summed E-state index contributed by atoms with van der Waals surface area (Å²) in [7, 11) is 0. The van der Waals surface area contributed by atoms with Gasteiger partial charge in [-0.05, 0) is 119 Å². The second-order valence-electron chi connectivity index (χ2n) is 12.0. The molecule has 5 aromatic carbocycles. The van der Waals surface area contributed by atoms with E-state index in [0.717, 1.165) is 19.3 Å². The highest BCUT2D eigenvalue weighted by atomic mass is 15.0. The van der Waals surface area contributed by atoms with Crippen LogP contribution in [0, 0.1) is 6.92 Å². The van der Waals surface area contributed by atoms with E-state index < -0.39 is 0 Å². The molecular weight excluding hydrogens is 482 g/mol. The Kier molecular flexibility index (Phi) is 4.67. The zero-order valence-electron chi connectivity index (χ0n) is 22.9. The smallest absolute Gasteiger partial charge is 0.0566 e. The number of aromatic nitrogens is 1. The standard InChI is InChI=1S/C39H31N/c1-24-9-8-14-29(39(24)40-37-15-6-4-12-32(37)33-13-5-7-16-38(33)40)26-17-18-27-23-36-31(34(27)21-26)20-19-30-28-11-3-2-10-25(28)22-35(30)36/h2-4,6,8-12,14-15,17-21H,5,7,13,16,22-23H2,1H3. The molecule has 0 N–H and O–H groups in total. The van der Waals surface area contributed by atoms with E-state index >= 15 is 0 Å². The monoisotopic (exact) mass is 513 g/mol. The number of nitrogens with zero attached hydrogens (tertiary/aromatic N) is 1. The minimum atomic E-state index is 1.04. The van der Waals surface area contributed by atoms with Crippen LogP contribution < -0.4 is 0 Å². The van der Waals surface area contributed by atoms with Crippen LogP contribution in [0.1, 0.15) is 51.9 Å². The lowest BCUT2D eigenvalue weighted by Crippen LogP contribution is -2.09. The summed E-state index contributed by atoms with van der Waals surface area (Å²) < 4.78 is 2.61. The molecule has 0 amide bonds. The third-order valence-electron chi connectivity index (χ3n) is 9.82. The van der Waals surface area contributed by atoms with Gasteiger partial charge in [0.15, 0.2) is 0 Å². The average molecular weight is 514 g/mol. The topological polar surface area (TPSA) is 4.93 Å². The largest absolute Gasteiger partial charge is 0.312 e. The van der Waals surface area contributed by atoms with E-state index in [4.69, 9.17) is 0 Å². The molecule has 3 aliphatic carbocycles. The Morgan fingerprint density at radius 2 is 1.27 bits per heavy atom. The molecule has 3 aliphatic rings.